The van der Waals surface area contributed by atoms with Crippen LogP contribution in [0.25, 0.3) is 0 Å². The van der Waals surface area contributed by atoms with Crippen molar-refractivity contribution in [1.82, 2.24) is 9.55 Å². The lowest BCUT2D eigenvalue weighted by Crippen LogP contribution is -2.11. The first-order valence-corrected chi connectivity index (χ1v) is 6.13. The molecule has 6 heteroatoms. The van der Waals surface area contributed by atoms with Crippen LogP contribution in [0.1, 0.15) is 16.2 Å². The molecule has 20 heavy (non-hydrogen) atoms. The molecule has 0 aliphatic rings. The minimum absolute atomic E-state index is 0.119. The lowest BCUT2D eigenvalue weighted by molar-refractivity contribution is 0.0692. The smallest absolute Gasteiger partial charge is 0.339 e. The van der Waals surface area contributed by atoms with E-state index < -0.39 is 5.97 Å². The lowest BCUT2D eigenvalue weighted by Gasteiger charge is -2.11. The second-order valence-corrected chi connectivity index (χ2v) is 4.18. The van der Waals surface area contributed by atoms with Crippen LogP contribution in [0.3, 0.4) is 0 Å². The molecular weight excluding hydrogens is 260 g/mol. The average Bonchev–Trinajstić information content (AvgIpc) is 2.84. The van der Waals surface area contributed by atoms with Crippen LogP contribution in [0.15, 0.2) is 30.6 Å². The molecule has 2 rings (SSSR count). The van der Waals surface area contributed by atoms with Gasteiger partial charge in [0, 0.05) is 18.5 Å². The summed E-state index contributed by atoms with van der Waals surface area (Å²) in [5.74, 6) is 0.720. The summed E-state index contributed by atoms with van der Waals surface area (Å²) >= 11 is 0. The number of aromatic nitrogens is 2. The van der Waals surface area contributed by atoms with Crippen LogP contribution in [-0.2, 0) is 6.54 Å². The zero-order valence-corrected chi connectivity index (χ0v) is 11.4. The number of hydrogen-bond donors (Lipinski definition) is 1. The van der Waals surface area contributed by atoms with Crippen molar-refractivity contribution in [2.75, 3.05) is 13.7 Å². The molecule has 0 amide bonds. The molecule has 0 fully saturated rings. The molecule has 1 N–H and O–H groups in total. The van der Waals surface area contributed by atoms with Gasteiger partial charge in [-0.3, -0.25) is 0 Å². The van der Waals surface area contributed by atoms with Crippen LogP contribution in [0.4, 0.5) is 0 Å². The fraction of sp³-hybridized carbons (Fsp3) is 0.286. The Balaban J connectivity index is 2.07. The predicted molar refractivity (Wildman–Crippen MR) is 72.4 cm³/mol. The third-order valence-electron chi connectivity index (χ3n) is 2.93. The van der Waals surface area contributed by atoms with E-state index in [0.717, 1.165) is 5.82 Å². The third-order valence-corrected chi connectivity index (χ3v) is 2.93. The maximum Gasteiger partial charge on any atom is 0.339 e. The number of carboxylic acid groups (broad SMARTS) is 1. The molecule has 1 aromatic heterocycles. The third kappa shape index (κ3) is 3.09. The van der Waals surface area contributed by atoms with Crippen LogP contribution in [0.5, 0.6) is 11.5 Å². The number of nitrogens with zero attached hydrogens (tertiary/aromatic N) is 2. The van der Waals surface area contributed by atoms with Crippen molar-refractivity contribution in [3.63, 3.8) is 0 Å². The summed E-state index contributed by atoms with van der Waals surface area (Å²) in [5, 5.41) is 9.12. The Kier molecular flexibility index (Phi) is 4.24. The highest BCUT2D eigenvalue weighted by atomic mass is 16.5. The van der Waals surface area contributed by atoms with Gasteiger partial charge in [-0.1, -0.05) is 0 Å². The molecule has 1 heterocycles. The molecular formula is C14H16N2O4. The summed E-state index contributed by atoms with van der Waals surface area (Å²) in [5.41, 5.74) is 0.119. The van der Waals surface area contributed by atoms with Crippen LogP contribution >= 0.6 is 0 Å². The molecule has 1 aromatic carbocycles. The molecule has 0 saturated carbocycles. The number of carboxylic acids is 1. The highest BCUT2D eigenvalue weighted by Gasteiger charge is 2.12. The van der Waals surface area contributed by atoms with Gasteiger partial charge in [0.25, 0.3) is 0 Å². The first-order valence-electron chi connectivity index (χ1n) is 6.13. The fourth-order valence-corrected chi connectivity index (χ4v) is 1.82. The van der Waals surface area contributed by atoms with Crippen molar-refractivity contribution in [2.45, 2.75) is 13.5 Å². The molecule has 0 unspecified atom stereocenters. The van der Waals surface area contributed by atoms with Crippen molar-refractivity contribution in [1.29, 1.82) is 0 Å². The standard InChI is InChI=1S/C14H16N2O4/c1-10-15-5-6-16(10)7-8-20-13-9-11(19-2)3-4-12(13)14(17)18/h3-6,9H,7-8H2,1-2H3,(H,17,18). The summed E-state index contributed by atoms with van der Waals surface area (Å²) in [7, 11) is 1.52. The number of methoxy groups -OCH3 is 1. The topological polar surface area (TPSA) is 73.6 Å². The van der Waals surface area contributed by atoms with E-state index in [1.807, 2.05) is 17.7 Å². The van der Waals surface area contributed by atoms with Gasteiger partial charge in [0.1, 0.15) is 29.5 Å². The van der Waals surface area contributed by atoms with E-state index in [1.165, 1.54) is 13.2 Å². The van der Waals surface area contributed by atoms with E-state index in [4.69, 9.17) is 14.6 Å². The molecule has 0 atom stereocenters. The summed E-state index contributed by atoms with van der Waals surface area (Å²) < 4.78 is 12.6. The van der Waals surface area contributed by atoms with Gasteiger partial charge in [-0.15, -0.1) is 0 Å². The normalized spacial score (nSPS) is 10.3. The van der Waals surface area contributed by atoms with Crippen molar-refractivity contribution in [2.24, 2.45) is 0 Å². The molecule has 0 aliphatic heterocycles. The summed E-state index contributed by atoms with van der Waals surface area (Å²) in [6.07, 6.45) is 3.56. The van der Waals surface area contributed by atoms with E-state index in [1.54, 1.807) is 18.3 Å². The van der Waals surface area contributed by atoms with Crippen LogP contribution in [0, 0.1) is 6.92 Å². The van der Waals surface area contributed by atoms with Crippen molar-refractivity contribution < 1.29 is 19.4 Å². The molecule has 2 aromatic rings. The van der Waals surface area contributed by atoms with Gasteiger partial charge >= 0.3 is 5.97 Å². The van der Waals surface area contributed by atoms with Gasteiger partial charge in [0.15, 0.2) is 0 Å². The Hall–Kier alpha value is -2.50. The van der Waals surface area contributed by atoms with E-state index in [-0.39, 0.29) is 5.56 Å². The zero-order chi connectivity index (χ0) is 14.5. The highest BCUT2D eigenvalue weighted by Crippen LogP contribution is 2.24. The van der Waals surface area contributed by atoms with E-state index in [2.05, 4.69) is 4.98 Å². The average molecular weight is 276 g/mol. The largest absolute Gasteiger partial charge is 0.497 e. The number of aromatic carboxylic acids is 1. The minimum Gasteiger partial charge on any atom is -0.497 e. The highest BCUT2D eigenvalue weighted by molar-refractivity contribution is 5.91. The Labute approximate surface area is 116 Å². The van der Waals surface area contributed by atoms with Gasteiger partial charge in [-0.05, 0) is 19.1 Å². The van der Waals surface area contributed by atoms with Crippen LogP contribution in [-0.4, -0.2) is 34.3 Å². The van der Waals surface area contributed by atoms with Gasteiger partial charge in [-0.25, -0.2) is 9.78 Å². The van der Waals surface area contributed by atoms with Gasteiger partial charge in [-0.2, -0.15) is 0 Å². The SMILES string of the molecule is COc1ccc(C(=O)O)c(OCCn2ccnc2C)c1. The lowest BCUT2D eigenvalue weighted by atomic mass is 10.2. The van der Waals surface area contributed by atoms with E-state index in [0.29, 0.717) is 24.7 Å². The number of ether oxygens (including phenoxy) is 2. The van der Waals surface area contributed by atoms with Gasteiger partial charge < -0.3 is 19.1 Å². The molecule has 0 saturated heterocycles. The van der Waals surface area contributed by atoms with Crippen LogP contribution < -0.4 is 9.47 Å². The maximum absolute atomic E-state index is 11.1. The Morgan fingerprint density at radius 1 is 1.45 bits per heavy atom. The number of hydrogen-bond acceptors (Lipinski definition) is 4. The summed E-state index contributed by atoms with van der Waals surface area (Å²) in [6, 6.07) is 4.64. The quantitative estimate of drug-likeness (QED) is 0.873. The molecule has 0 radical (unpaired) electrons. The van der Waals surface area contributed by atoms with Gasteiger partial charge in [0.2, 0.25) is 0 Å². The first kappa shape index (κ1) is 13.9. The Bertz CT molecular complexity index is 607. The number of rotatable bonds is 6. The fourth-order valence-electron chi connectivity index (χ4n) is 1.82. The summed E-state index contributed by atoms with van der Waals surface area (Å²) in [6.45, 7) is 2.85. The zero-order valence-electron chi connectivity index (χ0n) is 11.4. The monoisotopic (exact) mass is 276 g/mol. The van der Waals surface area contributed by atoms with E-state index in [9.17, 15) is 4.79 Å². The van der Waals surface area contributed by atoms with E-state index >= 15 is 0 Å². The number of carbonyl (C=O) groups is 1. The van der Waals surface area contributed by atoms with Crippen molar-refractivity contribution in [3.05, 3.63) is 42.0 Å². The Morgan fingerprint density at radius 2 is 2.25 bits per heavy atom. The first-order chi connectivity index (χ1) is 9.61. The summed E-state index contributed by atoms with van der Waals surface area (Å²) in [4.78, 5) is 15.2. The molecule has 0 bridgehead atoms. The minimum atomic E-state index is -1.03. The number of imidazole rings is 1. The number of aryl methyl sites for hydroxylation is 1. The molecule has 6 nitrogen and oxygen atoms in total. The predicted octanol–water partition coefficient (Wildman–Crippen LogP) is 1.98. The maximum atomic E-state index is 11.1. The molecule has 106 valence electrons. The van der Waals surface area contributed by atoms with Gasteiger partial charge in [0.05, 0.1) is 13.7 Å². The van der Waals surface area contributed by atoms with Crippen molar-refractivity contribution in [3.8, 4) is 11.5 Å². The van der Waals surface area contributed by atoms with Crippen molar-refractivity contribution >= 4 is 5.97 Å². The second kappa shape index (κ2) is 6.10. The molecule has 0 aliphatic carbocycles. The number of benzene rings is 1. The van der Waals surface area contributed by atoms with Crippen LogP contribution in [0.2, 0.25) is 0 Å². The Morgan fingerprint density at radius 3 is 2.85 bits per heavy atom. The second-order valence-electron chi connectivity index (χ2n) is 4.18. The molecule has 0 spiro atoms.